The predicted octanol–water partition coefficient (Wildman–Crippen LogP) is 3.57. The molecule has 2 aliphatic carbocycles. The van der Waals surface area contributed by atoms with Crippen molar-refractivity contribution in [2.45, 2.75) is 185 Å². The number of ether oxygens (including phenoxy) is 2. The number of Topliss-reactive ketones (excluding diaryl/α,β-unsaturated/α-hetero) is 1. The second-order valence-electron chi connectivity index (χ2n) is 17.8. The van der Waals surface area contributed by atoms with Crippen LogP contribution in [0.25, 0.3) is 0 Å². The van der Waals surface area contributed by atoms with Crippen LogP contribution < -0.4 is 31.9 Å². The number of morpholine rings is 2. The van der Waals surface area contributed by atoms with Crippen LogP contribution in [-0.4, -0.2) is 151 Å². The third-order valence-corrected chi connectivity index (χ3v) is 12.7. The summed E-state index contributed by atoms with van der Waals surface area (Å²) in [6.07, 6.45) is 13.8. The fraction of sp³-hybridized carbons (Fsp3) is 0.848. The normalized spacial score (nSPS) is 19.6. The molecule has 18 nitrogen and oxygen atoms in total. The topological polar surface area (TPSA) is 237 Å². The second kappa shape index (κ2) is 29.5. The molecule has 64 heavy (non-hydrogen) atoms. The Morgan fingerprint density at radius 1 is 0.562 bits per heavy atom. The third-order valence-electron chi connectivity index (χ3n) is 12.7. The number of nitrogens with zero attached hydrogens (tertiary/aromatic N) is 2. The first-order chi connectivity index (χ1) is 30.9. The van der Waals surface area contributed by atoms with Gasteiger partial charge in [0.15, 0.2) is 6.10 Å². The zero-order valence-corrected chi connectivity index (χ0v) is 39.5. The van der Waals surface area contributed by atoms with E-state index in [4.69, 9.17) is 9.47 Å². The fourth-order valence-electron chi connectivity index (χ4n) is 8.54. The average Bonchev–Trinajstić information content (AvgIpc) is 3.32. The van der Waals surface area contributed by atoms with Gasteiger partial charge in [-0.15, -0.1) is 0 Å². The van der Waals surface area contributed by atoms with Crippen LogP contribution in [0.15, 0.2) is 0 Å². The van der Waals surface area contributed by atoms with Gasteiger partial charge in [-0.3, -0.25) is 24.0 Å². The van der Waals surface area contributed by atoms with Crippen molar-refractivity contribution >= 4 is 41.5 Å². The van der Waals surface area contributed by atoms with E-state index in [1.807, 2.05) is 27.7 Å². The number of urea groups is 2. The van der Waals surface area contributed by atoms with E-state index in [1.165, 1.54) is 0 Å². The first kappa shape index (κ1) is 54.3. The number of carbonyl (C=O) groups excluding carboxylic acids is 7. The summed E-state index contributed by atoms with van der Waals surface area (Å²) in [6.45, 7) is 12.9. The maximum absolute atomic E-state index is 13.5. The van der Waals surface area contributed by atoms with Crippen LogP contribution in [0.2, 0.25) is 0 Å². The van der Waals surface area contributed by atoms with E-state index in [0.29, 0.717) is 111 Å². The van der Waals surface area contributed by atoms with Gasteiger partial charge in [0.05, 0.1) is 38.5 Å². The number of carbonyl (C=O) groups is 7. The van der Waals surface area contributed by atoms with Gasteiger partial charge >= 0.3 is 12.1 Å². The lowest BCUT2D eigenvalue weighted by atomic mass is 9.80. The summed E-state index contributed by atoms with van der Waals surface area (Å²) in [5, 5.41) is 27.8. The van der Waals surface area contributed by atoms with Crippen LogP contribution in [0, 0.1) is 0 Å². The average molecular weight is 907 g/mol. The highest BCUT2D eigenvalue weighted by Gasteiger charge is 2.45. The minimum absolute atomic E-state index is 0.256. The number of hydrogen-bond donors (Lipinski definition) is 7. The number of nitrogens with one attached hydrogen (secondary N) is 6. The standard InChI is InChI=1S/C23H42N4O5.C23H40N4O5/c2*1-3-5-10-18(19(28)20(29)24-13-6-4-2)25-21(30)23(11-8-7-9-12-23)26-22(31)27-14-16-32-17-15-27/h18-19,28H,3-17H2,1-2H3,(H,24,29)(H,25,30)(H,26,31);18H,3-17H2,1-2H3,(H,24,29)(H,25,30)(H,26,31)/t18-,19-;18-/m00/s1. The van der Waals surface area contributed by atoms with Crippen LogP contribution in [0.1, 0.15) is 156 Å². The zero-order chi connectivity index (χ0) is 46.8. The first-order valence-corrected chi connectivity index (χ1v) is 24.6. The van der Waals surface area contributed by atoms with Crippen molar-refractivity contribution in [3.8, 4) is 0 Å². The summed E-state index contributed by atoms with van der Waals surface area (Å²) in [5.74, 6) is -2.41. The Morgan fingerprint density at radius 3 is 1.44 bits per heavy atom. The van der Waals surface area contributed by atoms with Gasteiger partial charge in [0.1, 0.15) is 11.1 Å². The van der Waals surface area contributed by atoms with Gasteiger partial charge in [-0.2, -0.15) is 0 Å². The van der Waals surface area contributed by atoms with Gasteiger partial charge < -0.3 is 56.3 Å². The van der Waals surface area contributed by atoms with Crippen LogP contribution in [-0.2, 0) is 33.4 Å². The molecule has 0 aromatic carbocycles. The van der Waals surface area contributed by atoms with Gasteiger partial charge in [0.25, 0.3) is 11.8 Å². The molecule has 2 saturated carbocycles. The molecule has 4 fully saturated rings. The molecule has 8 amide bonds. The smallest absolute Gasteiger partial charge is 0.318 e. The fourth-order valence-corrected chi connectivity index (χ4v) is 8.54. The number of unbranched alkanes of at least 4 members (excludes halogenated alkanes) is 4. The van der Waals surface area contributed by atoms with Crippen molar-refractivity contribution in [2.75, 3.05) is 65.7 Å². The SMILES string of the molecule is CCCCNC(=O)C(=O)[C@H](CCCC)NC(=O)C1(NC(=O)N2CCOCC2)CCCCC1.CCCCNC(=O)[C@@H](O)[C@H](CCCC)NC(=O)C1(NC(=O)N2CCOCC2)CCCCC1. The monoisotopic (exact) mass is 907 g/mol. The van der Waals surface area contributed by atoms with E-state index in [0.717, 1.165) is 83.5 Å². The molecular formula is C46H82N8O10. The van der Waals surface area contributed by atoms with Gasteiger partial charge in [0.2, 0.25) is 17.6 Å². The molecule has 0 spiro atoms. The lowest BCUT2D eigenvalue weighted by Gasteiger charge is -2.40. The van der Waals surface area contributed by atoms with Crippen molar-refractivity contribution in [3.63, 3.8) is 0 Å². The molecule has 0 radical (unpaired) electrons. The van der Waals surface area contributed by atoms with Gasteiger partial charge in [-0.05, 0) is 51.4 Å². The first-order valence-electron chi connectivity index (χ1n) is 24.6. The van der Waals surface area contributed by atoms with Gasteiger partial charge in [-0.1, -0.05) is 105 Å². The Kier molecular flexibility index (Phi) is 25.0. The van der Waals surface area contributed by atoms with E-state index in [2.05, 4.69) is 31.9 Å². The lowest BCUT2D eigenvalue weighted by Crippen LogP contribution is -2.65. The highest BCUT2D eigenvalue weighted by molar-refractivity contribution is 6.38. The molecule has 2 saturated heterocycles. The van der Waals surface area contributed by atoms with E-state index < -0.39 is 46.9 Å². The zero-order valence-electron chi connectivity index (χ0n) is 39.5. The van der Waals surface area contributed by atoms with Crippen molar-refractivity contribution in [2.24, 2.45) is 0 Å². The van der Waals surface area contributed by atoms with Crippen molar-refractivity contribution in [3.05, 3.63) is 0 Å². The van der Waals surface area contributed by atoms with Crippen LogP contribution in [0.4, 0.5) is 9.59 Å². The van der Waals surface area contributed by atoms with Gasteiger partial charge in [-0.25, -0.2) is 9.59 Å². The van der Waals surface area contributed by atoms with Crippen LogP contribution >= 0.6 is 0 Å². The number of ketones is 1. The minimum Gasteiger partial charge on any atom is -0.381 e. The molecule has 0 unspecified atom stereocenters. The number of amides is 8. The highest BCUT2D eigenvalue weighted by atomic mass is 16.5. The maximum Gasteiger partial charge on any atom is 0.318 e. The number of rotatable bonds is 22. The van der Waals surface area contributed by atoms with Gasteiger partial charge in [0, 0.05) is 39.3 Å². The van der Waals surface area contributed by atoms with E-state index in [9.17, 15) is 38.7 Å². The quantitative estimate of drug-likeness (QED) is 0.0616. The highest BCUT2D eigenvalue weighted by Crippen LogP contribution is 2.31. The van der Waals surface area contributed by atoms with Crippen LogP contribution in [0.3, 0.4) is 0 Å². The Morgan fingerprint density at radius 2 is 0.984 bits per heavy atom. The molecule has 2 aliphatic heterocycles. The Hall–Kier alpha value is -4.03. The second-order valence-corrected chi connectivity index (χ2v) is 17.8. The predicted molar refractivity (Wildman–Crippen MR) is 243 cm³/mol. The molecule has 7 N–H and O–H groups in total. The van der Waals surface area contributed by atoms with E-state index in [-0.39, 0.29) is 23.9 Å². The summed E-state index contributed by atoms with van der Waals surface area (Å²) >= 11 is 0. The minimum atomic E-state index is -1.32. The van der Waals surface area contributed by atoms with E-state index >= 15 is 0 Å². The van der Waals surface area contributed by atoms with Crippen molar-refractivity contribution in [1.29, 1.82) is 0 Å². The number of aliphatic hydroxyl groups is 1. The Bertz CT molecular complexity index is 1460. The molecule has 18 heteroatoms. The Labute approximate surface area is 381 Å². The molecule has 2 heterocycles. The molecule has 0 bridgehead atoms. The summed E-state index contributed by atoms with van der Waals surface area (Å²) in [6, 6.07) is -2.11. The summed E-state index contributed by atoms with van der Waals surface area (Å²) in [7, 11) is 0. The van der Waals surface area contributed by atoms with Crippen molar-refractivity contribution < 1.29 is 48.1 Å². The largest absolute Gasteiger partial charge is 0.381 e. The number of hydrogen-bond acceptors (Lipinski definition) is 10. The molecule has 0 aromatic rings. The lowest BCUT2D eigenvalue weighted by molar-refractivity contribution is -0.141. The van der Waals surface area contributed by atoms with Crippen LogP contribution in [0.5, 0.6) is 0 Å². The van der Waals surface area contributed by atoms with E-state index in [1.54, 1.807) is 9.80 Å². The summed E-state index contributed by atoms with van der Waals surface area (Å²) in [4.78, 5) is 93.6. The number of aliphatic hydroxyl groups excluding tert-OH is 1. The molecule has 3 atom stereocenters. The third kappa shape index (κ3) is 17.4. The molecule has 0 aromatic heterocycles. The molecular weight excluding hydrogens is 825 g/mol. The van der Waals surface area contributed by atoms with Crippen molar-refractivity contribution in [1.82, 2.24) is 41.7 Å². The maximum atomic E-state index is 13.5. The molecule has 4 aliphatic rings. The summed E-state index contributed by atoms with van der Waals surface area (Å²) < 4.78 is 10.6. The molecule has 4 rings (SSSR count). The Balaban J connectivity index is 0.000000340. The summed E-state index contributed by atoms with van der Waals surface area (Å²) in [5.41, 5.74) is -2.08. The molecule has 366 valence electrons.